The second-order valence-corrected chi connectivity index (χ2v) is 16.1. The Morgan fingerprint density at radius 1 is 0.862 bits per heavy atom. The van der Waals surface area contributed by atoms with Gasteiger partial charge < -0.3 is 34.5 Å². The van der Waals surface area contributed by atoms with Gasteiger partial charge in [0.25, 0.3) is 5.91 Å². The van der Waals surface area contributed by atoms with Gasteiger partial charge in [0.2, 0.25) is 17.6 Å². The van der Waals surface area contributed by atoms with Crippen molar-refractivity contribution in [1.82, 2.24) is 25.3 Å². The van der Waals surface area contributed by atoms with E-state index in [0.29, 0.717) is 41.3 Å². The summed E-state index contributed by atoms with van der Waals surface area (Å²) in [5.74, 6) is 0.738. The summed E-state index contributed by atoms with van der Waals surface area (Å²) < 4.78 is 23.0. The summed E-state index contributed by atoms with van der Waals surface area (Å²) in [7, 11) is 2.94. The third-order valence-corrected chi connectivity index (χ3v) is 11.8. The van der Waals surface area contributed by atoms with Gasteiger partial charge in [-0.3, -0.25) is 29.4 Å². The van der Waals surface area contributed by atoms with Crippen LogP contribution >= 0.6 is 0 Å². The van der Waals surface area contributed by atoms with Crippen LogP contribution in [-0.2, 0) is 27.5 Å². The van der Waals surface area contributed by atoms with Crippen molar-refractivity contribution >= 4 is 46.4 Å². The van der Waals surface area contributed by atoms with Gasteiger partial charge in [0.15, 0.2) is 23.1 Å². The first-order chi connectivity index (χ1) is 31.6. The summed E-state index contributed by atoms with van der Waals surface area (Å²) in [4.78, 5) is 56.5. The third kappa shape index (κ3) is 10.2. The smallest absolute Gasteiger partial charge is 0.255 e. The fraction of sp³-hybridized carbons (Fsp3) is 0.333. The second-order valence-electron chi connectivity index (χ2n) is 16.1. The molecule has 2 fully saturated rings. The number of rotatable bonds is 17. The standard InChI is InChI=1S/C48H51N9O8/c1-30-8-4-5-10-35(30)39-26-41(46(49)54-53-39)56-21-19-55(20-22-56)27-31-13-15-34(16-14-31)64-23-7-9-33(58)29-65-45-42(62-2)24-32(25-43(45)63-3)51-52-38-12-6-11-36-37(38)28-57(48(36)61)40-17-18-44(59)50-47(40)60/h4-6,8,10-16,24-26,40H,7,9,17-23,27-29H2,1-3H3,(H2,49,54)(H,50,59,60). The van der Waals surface area contributed by atoms with Crippen LogP contribution in [0.3, 0.4) is 0 Å². The van der Waals surface area contributed by atoms with E-state index in [2.05, 4.69) is 66.7 Å². The molecule has 0 spiro atoms. The highest BCUT2D eigenvalue weighted by molar-refractivity contribution is 6.06. The van der Waals surface area contributed by atoms with Gasteiger partial charge in [-0.2, -0.15) is 10.2 Å². The Morgan fingerprint density at radius 3 is 2.32 bits per heavy atom. The highest BCUT2D eigenvalue weighted by Gasteiger charge is 2.40. The first kappa shape index (κ1) is 44.2. The van der Waals surface area contributed by atoms with Crippen molar-refractivity contribution < 1.29 is 38.1 Å². The number of fused-ring (bicyclic) bond motifs is 1. The number of amides is 3. The van der Waals surface area contributed by atoms with E-state index in [1.807, 2.05) is 30.3 Å². The van der Waals surface area contributed by atoms with E-state index in [9.17, 15) is 19.2 Å². The quantitative estimate of drug-likeness (QED) is 0.0594. The molecule has 17 heteroatoms. The molecule has 3 N–H and O–H groups in total. The van der Waals surface area contributed by atoms with Gasteiger partial charge in [-0.15, -0.1) is 10.2 Å². The number of carbonyl (C=O) groups is 4. The summed E-state index contributed by atoms with van der Waals surface area (Å²) in [5.41, 5.74) is 13.3. The van der Waals surface area contributed by atoms with E-state index in [1.54, 1.807) is 30.3 Å². The van der Waals surface area contributed by atoms with Gasteiger partial charge in [0.1, 0.15) is 18.4 Å². The third-order valence-electron chi connectivity index (χ3n) is 11.8. The number of aryl methyl sites for hydroxylation is 1. The minimum Gasteiger partial charge on any atom is -0.494 e. The molecule has 3 aliphatic rings. The number of anilines is 2. The lowest BCUT2D eigenvalue weighted by Gasteiger charge is -2.36. The number of benzene rings is 4. The van der Waals surface area contributed by atoms with Crippen molar-refractivity contribution in [2.24, 2.45) is 10.2 Å². The van der Waals surface area contributed by atoms with Gasteiger partial charge in [-0.25, -0.2) is 0 Å². The summed E-state index contributed by atoms with van der Waals surface area (Å²) in [6.07, 6.45) is 1.17. The maximum Gasteiger partial charge on any atom is 0.255 e. The number of ether oxygens (including phenoxy) is 4. The summed E-state index contributed by atoms with van der Waals surface area (Å²) in [6, 6.07) is 25.8. The number of hydrogen-bond donors (Lipinski definition) is 2. The lowest BCUT2D eigenvalue weighted by molar-refractivity contribution is -0.137. The van der Waals surface area contributed by atoms with Crippen LogP contribution in [0.25, 0.3) is 11.3 Å². The van der Waals surface area contributed by atoms with E-state index in [1.165, 1.54) is 24.7 Å². The summed E-state index contributed by atoms with van der Waals surface area (Å²) >= 11 is 0. The van der Waals surface area contributed by atoms with Crippen LogP contribution in [0, 0.1) is 6.92 Å². The number of carbonyl (C=O) groups excluding carboxylic acids is 4. The summed E-state index contributed by atoms with van der Waals surface area (Å²) in [6.45, 7) is 6.62. The number of ketones is 1. The molecule has 0 bridgehead atoms. The Balaban J connectivity index is 0.779. The Hall–Kier alpha value is -7.40. The molecule has 5 aromatic rings. The molecule has 1 unspecified atom stereocenters. The van der Waals surface area contributed by atoms with Crippen molar-refractivity contribution in [3.8, 4) is 34.3 Å². The van der Waals surface area contributed by atoms with E-state index < -0.39 is 11.9 Å². The van der Waals surface area contributed by atoms with Crippen molar-refractivity contribution in [2.75, 3.05) is 64.2 Å². The maximum atomic E-state index is 13.2. The van der Waals surface area contributed by atoms with Crippen LogP contribution < -0.4 is 34.9 Å². The molecule has 1 atom stereocenters. The zero-order valence-electron chi connectivity index (χ0n) is 36.6. The second kappa shape index (κ2) is 20.0. The van der Waals surface area contributed by atoms with Crippen LogP contribution in [0.4, 0.5) is 22.9 Å². The topological polar surface area (TPSA) is 203 Å². The Bertz CT molecular complexity index is 2590. The molecule has 3 aliphatic heterocycles. The fourth-order valence-corrected chi connectivity index (χ4v) is 8.26. The number of hydrogen-bond acceptors (Lipinski definition) is 15. The van der Waals surface area contributed by atoms with E-state index in [4.69, 9.17) is 24.7 Å². The molecule has 336 valence electrons. The number of imide groups is 1. The number of nitrogen functional groups attached to an aromatic ring is 1. The molecule has 3 amide bonds. The van der Waals surface area contributed by atoms with Crippen LogP contribution in [0.2, 0.25) is 0 Å². The van der Waals surface area contributed by atoms with E-state index in [0.717, 1.165) is 61.0 Å². The molecule has 17 nitrogen and oxygen atoms in total. The average molecular weight is 882 g/mol. The number of piperazine rings is 1. The van der Waals surface area contributed by atoms with Gasteiger partial charge >= 0.3 is 0 Å². The minimum atomic E-state index is -0.744. The molecule has 4 aromatic carbocycles. The normalized spacial score (nSPS) is 16.4. The largest absolute Gasteiger partial charge is 0.494 e. The fourth-order valence-electron chi connectivity index (χ4n) is 8.26. The first-order valence-electron chi connectivity index (χ1n) is 21.6. The molecule has 0 aliphatic carbocycles. The highest BCUT2D eigenvalue weighted by Crippen LogP contribution is 2.42. The molecule has 4 heterocycles. The van der Waals surface area contributed by atoms with Crippen LogP contribution in [0.15, 0.2) is 95.2 Å². The van der Waals surface area contributed by atoms with E-state index >= 15 is 0 Å². The number of nitrogens with one attached hydrogen (secondary N) is 1. The van der Waals surface area contributed by atoms with Crippen molar-refractivity contribution in [2.45, 2.75) is 51.7 Å². The number of methoxy groups -OCH3 is 2. The molecule has 65 heavy (non-hydrogen) atoms. The first-order valence-corrected chi connectivity index (χ1v) is 21.6. The zero-order chi connectivity index (χ0) is 45.5. The highest BCUT2D eigenvalue weighted by atomic mass is 16.5. The zero-order valence-corrected chi connectivity index (χ0v) is 36.6. The van der Waals surface area contributed by atoms with Gasteiger partial charge in [-0.05, 0) is 61.2 Å². The van der Waals surface area contributed by atoms with Crippen LogP contribution in [0.5, 0.6) is 23.0 Å². The van der Waals surface area contributed by atoms with Crippen LogP contribution in [0.1, 0.15) is 52.7 Å². The van der Waals surface area contributed by atoms with Gasteiger partial charge in [0, 0.05) is 80.9 Å². The lowest BCUT2D eigenvalue weighted by Crippen LogP contribution is -2.52. The van der Waals surface area contributed by atoms with Gasteiger partial charge in [0.05, 0.1) is 43.6 Å². The Labute approximate surface area is 376 Å². The van der Waals surface area contributed by atoms with Crippen molar-refractivity contribution in [1.29, 1.82) is 0 Å². The van der Waals surface area contributed by atoms with Crippen LogP contribution in [-0.4, -0.2) is 103 Å². The molecule has 8 rings (SSSR count). The van der Waals surface area contributed by atoms with Gasteiger partial charge in [-0.1, -0.05) is 42.5 Å². The number of piperidine rings is 1. The monoisotopic (exact) mass is 881 g/mol. The molecule has 0 saturated carbocycles. The molecular formula is C48H51N9O8. The molecule has 0 radical (unpaired) electrons. The average Bonchev–Trinajstić information content (AvgIpc) is 3.65. The number of nitrogens with two attached hydrogens (primary N) is 1. The molecule has 2 saturated heterocycles. The number of nitrogens with zero attached hydrogens (tertiary/aromatic N) is 7. The predicted octanol–water partition coefficient (Wildman–Crippen LogP) is 6.36. The number of aromatic nitrogens is 2. The predicted molar refractivity (Wildman–Crippen MR) is 242 cm³/mol. The van der Waals surface area contributed by atoms with Crippen molar-refractivity contribution in [3.63, 3.8) is 0 Å². The number of azo groups is 1. The van der Waals surface area contributed by atoms with Crippen molar-refractivity contribution in [3.05, 3.63) is 107 Å². The number of Topliss-reactive ketones (excluding diaryl/α,β-unsaturated/α-hetero) is 1. The summed E-state index contributed by atoms with van der Waals surface area (Å²) in [5, 5.41) is 19.8. The minimum absolute atomic E-state index is 0.120. The molecule has 1 aromatic heterocycles. The SMILES string of the molecule is COc1cc(N=Nc2cccc3c2CN(C2CCC(=O)NC2=O)C3=O)cc(OC)c1OCC(=O)CCCOc1ccc(CN2CCN(c3cc(-c4ccccc4C)nnc3N)CC2)cc1. The lowest BCUT2D eigenvalue weighted by atomic mass is 10.0. The Kier molecular flexibility index (Phi) is 13.6. The van der Waals surface area contributed by atoms with E-state index in [-0.39, 0.29) is 67.3 Å². The maximum absolute atomic E-state index is 13.2. The Morgan fingerprint density at radius 2 is 1.60 bits per heavy atom. The molecular weight excluding hydrogens is 831 g/mol.